The molecule has 1 aromatic heterocycles. The van der Waals surface area contributed by atoms with Crippen LogP contribution in [0.3, 0.4) is 0 Å². The Balaban J connectivity index is 1.40. The van der Waals surface area contributed by atoms with Crippen molar-refractivity contribution in [3.8, 4) is 0 Å². The summed E-state index contributed by atoms with van der Waals surface area (Å²) in [6, 6.07) is 4.29. The minimum absolute atomic E-state index is 0.0123. The van der Waals surface area contributed by atoms with E-state index in [4.69, 9.17) is 9.57 Å². The Kier molecular flexibility index (Phi) is 4.37. The van der Waals surface area contributed by atoms with E-state index in [1.807, 2.05) is 19.1 Å². The largest absolute Gasteiger partial charge is 0.363 e. The molecule has 0 saturated carbocycles. The molecular weight excluding hydrogens is 308 g/mol. The van der Waals surface area contributed by atoms with E-state index in [2.05, 4.69) is 15.1 Å². The third-order valence-electron chi connectivity index (χ3n) is 5.15. The lowest BCUT2D eigenvalue weighted by Crippen LogP contribution is -2.50. The summed E-state index contributed by atoms with van der Waals surface area (Å²) in [5.41, 5.74) is 0.918. The van der Waals surface area contributed by atoms with Gasteiger partial charge in [0.2, 0.25) is 0 Å². The summed E-state index contributed by atoms with van der Waals surface area (Å²) in [6.45, 7) is 4.14. The number of hydrogen-bond donors (Lipinski definition) is 0. The summed E-state index contributed by atoms with van der Waals surface area (Å²) in [6.07, 6.45) is 4.33. The van der Waals surface area contributed by atoms with Gasteiger partial charge in [-0.2, -0.15) is 5.10 Å². The molecule has 0 aliphatic carbocycles. The van der Waals surface area contributed by atoms with Gasteiger partial charge >= 0.3 is 0 Å². The molecule has 1 aromatic rings. The number of carbonyl (C=O) groups is 1. The van der Waals surface area contributed by atoms with E-state index in [1.54, 1.807) is 0 Å². The topological polar surface area (TPSA) is 67.8 Å². The fourth-order valence-corrected chi connectivity index (χ4v) is 3.87. The molecule has 3 fully saturated rings. The second-order valence-corrected chi connectivity index (χ2v) is 6.80. The zero-order chi connectivity index (χ0) is 16.5. The average molecular weight is 332 g/mol. The van der Waals surface area contributed by atoms with Gasteiger partial charge in [0, 0.05) is 13.1 Å². The first kappa shape index (κ1) is 15.8. The summed E-state index contributed by atoms with van der Waals surface area (Å²) < 4.78 is 6.14. The van der Waals surface area contributed by atoms with E-state index in [0.717, 1.165) is 50.2 Å². The molecule has 3 atom stereocenters. The maximum Gasteiger partial charge on any atom is 0.275 e. The molecule has 0 radical (unpaired) electrons. The standard InChI is InChI=1S/C17H24N4O3/c1-12-4-7-16(19-18-12)20-10-8-14-13(20)5-6-15(24-14)17(22)21-9-2-3-11-23-21/h4,7,13-15H,2-3,5-6,8-11H2,1H3/t13-,14-,15-/m1/s1. The third kappa shape index (κ3) is 2.98. The zero-order valence-electron chi connectivity index (χ0n) is 14.1. The number of hydroxylamine groups is 2. The molecule has 0 unspecified atom stereocenters. The Morgan fingerprint density at radius 2 is 2.08 bits per heavy atom. The van der Waals surface area contributed by atoms with Crippen LogP contribution in [0.2, 0.25) is 0 Å². The van der Waals surface area contributed by atoms with Gasteiger partial charge in [-0.05, 0) is 51.2 Å². The molecule has 4 heterocycles. The summed E-state index contributed by atoms with van der Waals surface area (Å²) in [5.74, 6) is 0.891. The normalized spacial score (nSPS) is 30.3. The van der Waals surface area contributed by atoms with E-state index >= 15 is 0 Å². The molecule has 3 aliphatic rings. The molecule has 3 aliphatic heterocycles. The molecule has 7 nitrogen and oxygen atoms in total. The van der Waals surface area contributed by atoms with Crippen LogP contribution in [0, 0.1) is 6.92 Å². The lowest BCUT2D eigenvalue weighted by atomic mass is 9.98. The molecule has 4 rings (SSSR count). The zero-order valence-corrected chi connectivity index (χ0v) is 14.1. The van der Waals surface area contributed by atoms with Crippen LogP contribution in [0.15, 0.2) is 12.1 Å². The molecule has 24 heavy (non-hydrogen) atoms. The predicted molar refractivity (Wildman–Crippen MR) is 87.3 cm³/mol. The Morgan fingerprint density at radius 3 is 2.83 bits per heavy atom. The molecule has 130 valence electrons. The van der Waals surface area contributed by atoms with Gasteiger partial charge in [0.05, 0.1) is 24.4 Å². The minimum atomic E-state index is -0.367. The molecule has 0 N–H and O–H groups in total. The molecular formula is C17H24N4O3. The maximum atomic E-state index is 12.6. The lowest BCUT2D eigenvalue weighted by molar-refractivity contribution is -0.212. The van der Waals surface area contributed by atoms with Gasteiger partial charge < -0.3 is 9.64 Å². The van der Waals surface area contributed by atoms with Crippen molar-refractivity contribution in [3.05, 3.63) is 17.8 Å². The van der Waals surface area contributed by atoms with Gasteiger partial charge in [-0.25, -0.2) is 5.06 Å². The van der Waals surface area contributed by atoms with E-state index in [-0.39, 0.29) is 24.2 Å². The number of anilines is 1. The summed E-state index contributed by atoms with van der Waals surface area (Å²) in [5, 5.41) is 9.97. The number of ether oxygens (including phenoxy) is 1. The van der Waals surface area contributed by atoms with Crippen LogP contribution in [0.5, 0.6) is 0 Å². The number of aromatic nitrogens is 2. The van der Waals surface area contributed by atoms with Crippen LogP contribution in [-0.2, 0) is 14.4 Å². The number of aryl methyl sites for hydroxylation is 1. The van der Waals surface area contributed by atoms with Crippen LogP contribution in [0.1, 0.15) is 37.8 Å². The van der Waals surface area contributed by atoms with Gasteiger partial charge in [-0.1, -0.05) is 0 Å². The smallest absolute Gasteiger partial charge is 0.275 e. The van der Waals surface area contributed by atoms with Crippen molar-refractivity contribution in [2.24, 2.45) is 0 Å². The Morgan fingerprint density at radius 1 is 1.17 bits per heavy atom. The number of fused-ring (bicyclic) bond motifs is 1. The highest BCUT2D eigenvalue weighted by molar-refractivity contribution is 5.80. The van der Waals surface area contributed by atoms with E-state index in [0.29, 0.717) is 13.2 Å². The van der Waals surface area contributed by atoms with E-state index < -0.39 is 0 Å². The highest BCUT2D eigenvalue weighted by atomic mass is 16.7. The molecule has 0 spiro atoms. The number of carbonyl (C=O) groups excluding carboxylic acids is 1. The number of nitrogens with zero attached hydrogens (tertiary/aromatic N) is 4. The molecule has 0 aromatic carbocycles. The third-order valence-corrected chi connectivity index (χ3v) is 5.15. The maximum absolute atomic E-state index is 12.6. The second-order valence-electron chi connectivity index (χ2n) is 6.80. The number of rotatable bonds is 2. The van der Waals surface area contributed by atoms with Gasteiger partial charge in [0.1, 0.15) is 6.10 Å². The average Bonchev–Trinajstić information content (AvgIpc) is 3.05. The quantitative estimate of drug-likeness (QED) is 0.817. The molecule has 7 heteroatoms. The first-order valence-corrected chi connectivity index (χ1v) is 8.89. The van der Waals surface area contributed by atoms with E-state index in [9.17, 15) is 4.79 Å². The number of amides is 1. The minimum Gasteiger partial charge on any atom is -0.363 e. The predicted octanol–water partition coefficient (Wildman–Crippen LogP) is 1.47. The van der Waals surface area contributed by atoms with Crippen molar-refractivity contribution >= 4 is 11.7 Å². The molecule has 0 bridgehead atoms. The van der Waals surface area contributed by atoms with Crippen LogP contribution in [-0.4, -0.2) is 59.1 Å². The number of hydrogen-bond acceptors (Lipinski definition) is 6. The van der Waals surface area contributed by atoms with Crippen molar-refractivity contribution in [2.45, 2.75) is 57.3 Å². The SMILES string of the molecule is Cc1ccc(N2CC[C@H]3O[C@@H](C(=O)N4CCCCO4)CC[C@H]32)nn1. The summed E-state index contributed by atoms with van der Waals surface area (Å²) in [4.78, 5) is 20.3. The Hall–Kier alpha value is -1.73. The van der Waals surface area contributed by atoms with Crippen LogP contribution < -0.4 is 4.90 Å². The van der Waals surface area contributed by atoms with Crippen LogP contribution in [0.4, 0.5) is 5.82 Å². The highest BCUT2D eigenvalue weighted by Gasteiger charge is 2.43. The monoisotopic (exact) mass is 332 g/mol. The lowest BCUT2D eigenvalue weighted by Gasteiger charge is -2.37. The Bertz CT molecular complexity index is 588. The van der Waals surface area contributed by atoms with Crippen LogP contribution >= 0.6 is 0 Å². The van der Waals surface area contributed by atoms with Crippen molar-refractivity contribution in [1.29, 1.82) is 0 Å². The summed E-state index contributed by atoms with van der Waals surface area (Å²) in [7, 11) is 0. The van der Waals surface area contributed by atoms with Gasteiger partial charge in [0.15, 0.2) is 5.82 Å². The van der Waals surface area contributed by atoms with Crippen molar-refractivity contribution < 1.29 is 14.4 Å². The summed E-state index contributed by atoms with van der Waals surface area (Å²) >= 11 is 0. The van der Waals surface area contributed by atoms with Crippen molar-refractivity contribution in [2.75, 3.05) is 24.6 Å². The fourth-order valence-electron chi connectivity index (χ4n) is 3.87. The van der Waals surface area contributed by atoms with Crippen molar-refractivity contribution in [3.63, 3.8) is 0 Å². The molecule has 1 amide bonds. The van der Waals surface area contributed by atoms with Crippen LogP contribution in [0.25, 0.3) is 0 Å². The second kappa shape index (κ2) is 6.64. The van der Waals surface area contributed by atoms with Crippen molar-refractivity contribution in [1.82, 2.24) is 15.3 Å². The first-order valence-electron chi connectivity index (χ1n) is 8.89. The first-order chi connectivity index (χ1) is 11.7. The molecule has 3 saturated heterocycles. The van der Waals surface area contributed by atoms with Gasteiger partial charge in [0.25, 0.3) is 5.91 Å². The van der Waals surface area contributed by atoms with Gasteiger partial charge in [-0.15, -0.1) is 5.10 Å². The van der Waals surface area contributed by atoms with Gasteiger partial charge in [-0.3, -0.25) is 9.63 Å². The van der Waals surface area contributed by atoms with E-state index in [1.165, 1.54) is 5.06 Å². The fraction of sp³-hybridized carbons (Fsp3) is 0.706. The highest BCUT2D eigenvalue weighted by Crippen LogP contribution is 2.34. The Labute approximate surface area is 141 Å².